The average molecular weight is 247 g/mol. The summed E-state index contributed by atoms with van der Waals surface area (Å²) in [6, 6.07) is 9.26. The Hall–Kier alpha value is -1.06. The van der Waals surface area contributed by atoms with Gasteiger partial charge in [-0.2, -0.15) is 0 Å². The molecule has 1 aromatic heterocycles. The van der Waals surface area contributed by atoms with Crippen LogP contribution in [0.25, 0.3) is 10.1 Å². The first-order valence-electron chi connectivity index (χ1n) is 6.14. The smallest absolute Gasteiger partial charge is 0.0514 e. The second-order valence-corrected chi connectivity index (χ2v) is 5.68. The third-order valence-electron chi connectivity index (χ3n) is 3.52. The summed E-state index contributed by atoms with van der Waals surface area (Å²) in [7, 11) is 0. The number of benzene rings is 1. The second-order valence-electron chi connectivity index (χ2n) is 4.73. The van der Waals surface area contributed by atoms with Gasteiger partial charge in [0.05, 0.1) is 6.61 Å². The number of anilines is 1. The maximum absolute atomic E-state index is 5.44. The fraction of sp³-hybridized carbons (Fsp3) is 0.429. The molecular weight excluding hydrogens is 230 g/mol. The summed E-state index contributed by atoms with van der Waals surface area (Å²) in [5.41, 5.74) is 1.22. The number of rotatable bonds is 3. The van der Waals surface area contributed by atoms with Gasteiger partial charge in [0.1, 0.15) is 0 Å². The lowest BCUT2D eigenvalue weighted by atomic mass is 10.0. The summed E-state index contributed by atoms with van der Waals surface area (Å²) in [6.45, 7) is 4.06. The Balaban J connectivity index is 1.74. The van der Waals surface area contributed by atoms with Crippen LogP contribution in [0.5, 0.6) is 0 Å². The van der Waals surface area contributed by atoms with E-state index in [-0.39, 0.29) is 0 Å². The molecule has 0 saturated carbocycles. The molecular formula is C14H17NOS. The Kier molecular flexibility index (Phi) is 3.04. The molecule has 1 N–H and O–H groups in total. The van der Waals surface area contributed by atoms with Gasteiger partial charge in [0.25, 0.3) is 0 Å². The van der Waals surface area contributed by atoms with Crippen LogP contribution < -0.4 is 5.32 Å². The first-order valence-corrected chi connectivity index (χ1v) is 7.02. The largest absolute Gasteiger partial charge is 0.382 e. The monoisotopic (exact) mass is 247 g/mol. The zero-order chi connectivity index (χ0) is 11.7. The van der Waals surface area contributed by atoms with Crippen molar-refractivity contribution >= 4 is 27.1 Å². The molecule has 1 saturated heterocycles. The van der Waals surface area contributed by atoms with E-state index >= 15 is 0 Å². The van der Waals surface area contributed by atoms with Crippen LogP contribution in [0.2, 0.25) is 0 Å². The fourth-order valence-corrected chi connectivity index (χ4v) is 3.16. The summed E-state index contributed by atoms with van der Waals surface area (Å²) in [5, 5.41) is 7.06. The van der Waals surface area contributed by atoms with Crippen molar-refractivity contribution in [1.29, 1.82) is 0 Å². The van der Waals surface area contributed by atoms with Gasteiger partial charge in [-0.05, 0) is 48.4 Å². The van der Waals surface area contributed by atoms with E-state index in [1.54, 1.807) is 11.3 Å². The van der Waals surface area contributed by atoms with E-state index < -0.39 is 0 Å². The second kappa shape index (κ2) is 4.67. The fourth-order valence-electron chi connectivity index (χ4n) is 2.38. The number of hydrogen-bond donors (Lipinski definition) is 1. The van der Waals surface area contributed by atoms with Gasteiger partial charge in [-0.25, -0.2) is 0 Å². The molecule has 0 aliphatic carbocycles. The van der Waals surface area contributed by atoms with Crippen molar-refractivity contribution in [3.8, 4) is 0 Å². The first kappa shape index (κ1) is 11.1. The number of ether oxygens (including phenoxy) is 1. The van der Waals surface area contributed by atoms with E-state index in [4.69, 9.17) is 4.74 Å². The van der Waals surface area contributed by atoms with Gasteiger partial charge < -0.3 is 10.1 Å². The summed E-state index contributed by atoms with van der Waals surface area (Å²) in [6.07, 6.45) is 1.18. The highest BCUT2D eigenvalue weighted by Gasteiger charge is 2.21. The molecule has 0 radical (unpaired) electrons. The lowest BCUT2D eigenvalue weighted by Gasteiger charge is -2.20. The summed E-state index contributed by atoms with van der Waals surface area (Å²) < 4.78 is 6.79. The zero-order valence-electron chi connectivity index (χ0n) is 9.98. The van der Waals surface area contributed by atoms with Gasteiger partial charge in [-0.3, -0.25) is 0 Å². The van der Waals surface area contributed by atoms with Crippen LogP contribution >= 0.6 is 11.3 Å². The lowest BCUT2D eigenvalue weighted by molar-refractivity contribution is 0.183. The number of nitrogens with one attached hydrogen (secondary N) is 1. The maximum atomic E-state index is 5.44. The summed E-state index contributed by atoms with van der Waals surface area (Å²) in [4.78, 5) is 0. The molecule has 1 aliphatic rings. The van der Waals surface area contributed by atoms with Crippen molar-refractivity contribution in [3.63, 3.8) is 0 Å². The number of thiophene rings is 1. The van der Waals surface area contributed by atoms with E-state index in [0.717, 1.165) is 13.2 Å². The van der Waals surface area contributed by atoms with Gasteiger partial charge in [0.2, 0.25) is 0 Å². The van der Waals surface area contributed by atoms with Gasteiger partial charge in [-0.1, -0.05) is 0 Å². The minimum atomic E-state index is 0.480. The van der Waals surface area contributed by atoms with Gasteiger partial charge in [0.15, 0.2) is 0 Å². The van der Waals surface area contributed by atoms with Crippen molar-refractivity contribution in [3.05, 3.63) is 29.6 Å². The third kappa shape index (κ3) is 2.31. The van der Waals surface area contributed by atoms with Crippen LogP contribution in [0, 0.1) is 5.92 Å². The van der Waals surface area contributed by atoms with Crippen LogP contribution in [-0.4, -0.2) is 19.3 Å². The Labute approximate surface area is 106 Å². The maximum Gasteiger partial charge on any atom is 0.0514 e. The minimum Gasteiger partial charge on any atom is -0.382 e. The molecule has 2 nitrogen and oxygen atoms in total. The van der Waals surface area contributed by atoms with Crippen molar-refractivity contribution in [1.82, 2.24) is 0 Å². The van der Waals surface area contributed by atoms with E-state index in [0.29, 0.717) is 12.0 Å². The van der Waals surface area contributed by atoms with Crippen LogP contribution in [0.1, 0.15) is 13.3 Å². The van der Waals surface area contributed by atoms with Crippen molar-refractivity contribution in [2.24, 2.45) is 5.92 Å². The van der Waals surface area contributed by atoms with E-state index in [1.165, 1.54) is 22.2 Å². The van der Waals surface area contributed by atoms with Crippen LogP contribution in [0.4, 0.5) is 5.69 Å². The highest BCUT2D eigenvalue weighted by molar-refractivity contribution is 7.17. The molecule has 3 rings (SSSR count). The molecule has 1 fully saturated rings. The molecule has 3 heteroatoms. The predicted molar refractivity (Wildman–Crippen MR) is 73.8 cm³/mol. The molecule has 0 bridgehead atoms. The van der Waals surface area contributed by atoms with Gasteiger partial charge >= 0.3 is 0 Å². The number of hydrogen-bond acceptors (Lipinski definition) is 3. The Morgan fingerprint density at radius 1 is 1.41 bits per heavy atom. The standard InChI is InChI=1S/C14H17NOS/c1-10(12-4-6-16-9-12)15-13-2-3-14-11(8-13)5-7-17-14/h2-3,5,7-8,10,12,15H,4,6,9H2,1H3. The molecule has 2 unspecified atom stereocenters. The molecule has 1 aliphatic heterocycles. The van der Waals surface area contributed by atoms with Gasteiger partial charge in [-0.15, -0.1) is 11.3 Å². The Bertz CT molecular complexity index is 502. The SMILES string of the molecule is CC(Nc1ccc2sccc2c1)C1CCOC1. The predicted octanol–water partition coefficient (Wildman–Crippen LogP) is 3.74. The van der Waals surface area contributed by atoms with E-state index in [9.17, 15) is 0 Å². The minimum absolute atomic E-state index is 0.480. The Morgan fingerprint density at radius 3 is 3.18 bits per heavy atom. The first-order chi connectivity index (χ1) is 8.33. The molecule has 0 spiro atoms. The van der Waals surface area contributed by atoms with Crippen LogP contribution in [-0.2, 0) is 4.74 Å². The zero-order valence-corrected chi connectivity index (χ0v) is 10.8. The molecule has 90 valence electrons. The van der Waals surface area contributed by atoms with Crippen molar-refractivity contribution < 1.29 is 4.74 Å². The highest BCUT2D eigenvalue weighted by atomic mass is 32.1. The average Bonchev–Trinajstić information content (AvgIpc) is 2.99. The topological polar surface area (TPSA) is 21.3 Å². The highest BCUT2D eigenvalue weighted by Crippen LogP contribution is 2.26. The molecule has 2 heterocycles. The summed E-state index contributed by atoms with van der Waals surface area (Å²) >= 11 is 1.79. The lowest BCUT2D eigenvalue weighted by Crippen LogP contribution is -2.25. The normalized spacial score (nSPS) is 21.8. The molecule has 1 aromatic carbocycles. The van der Waals surface area contributed by atoms with Crippen molar-refractivity contribution in [2.45, 2.75) is 19.4 Å². The van der Waals surface area contributed by atoms with Crippen molar-refractivity contribution in [2.75, 3.05) is 18.5 Å². The molecule has 17 heavy (non-hydrogen) atoms. The molecule has 0 amide bonds. The third-order valence-corrected chi connectivity index (χ3v) is 4.42. The molecule has 2 aromatic rings. The van der Waals surface area contributed by atoms with Gasteiger partial charge in [0, 0.05) is 29.0 Å². The Morgan fingerprint density at radius 2 is 2.35 bits per heavy atom. The van der Waals surface area contributed by atoms with E-state index in [1.807, 2.05) is 0 Å². The number of fused-ring (bicyclic) bond motifs is 1. The quantitative estimate of drug-likeness (QED) is 0.892. The summed E-state index contributed by atoms with van der Waals surface area (Å²) in [5.74, 6) is 0.646. The molecule has 2 atom stereocenters. The van der Waals surface area contributed by atoms with Crippen LogP contribution in [0.15, 0.2) is 29.6 Å². The van der Waals surface area contributed by atoms with Crippen LogP contribution in [0.3, 0.4) is 0 Å². The van der Waals surface area contributed by atoms with E-state index in [2.05, 4.69) is 41.9 Å².